The molecule has 0 saturated heterocycles. The quantitative estimate of drug-likeness (QED) is 0.295. The van der Waals surface area contributed by atoms with Gasteiger partial charge >= 0.3 is 7.82 Å². The number of ether oxygens (including phenoxy) is 1. The van der Waals surface area contributed by atoms with Gasteiger partial charge in [0.25, 0.3) is 0 Å². The molecule has 1 unspecified atom stereocenters. The highest BCUT2D eigenvalue weighted by molar-refractivity contribution is 7.46. The van der Waals surface area contributed by atoms with Crippen molar-refractivity contribution in [2.45, 2.75) is 19.1 Å². The molecule has 12 heteroatoms. The highest BCUT2D eigenvalue weighted by Crippen LogP contribution is 2.36. The topological polar surface area (TPSA) is 143 Å². The second kappa shape index (κ2) is 11.1. The molecular weight excluding hydrogens is 490 g/mol. The maximum atomic E-state index is 13.7. The average molecular weight is 516 g/mol. The van der Waals surface area contributed by atoms with E-state index in [9.17, 15) is 8.96 Å². The lowest BCUT2D eigenvalue weighted by molar-refractivity contribution is 0.110. The van der Waals surface area contributed by atoms with E-state index in [4.69, 9.17) is 24.8 Å². The van der Waals surface area contributed by atoms with Crippen molar-refractivity contribution >= 4 is 19.1 Å². The van der Waals surface area contributed by atoms with Crippen LogP contribution in [0.1, 0.15) is 22.6 Å². The van der Waals surface area contributed by atoms with Crippen LogP contribution in [0.5, 0.6) is 5.75 Å². The number of halogens is 1. The van der Waals surface area contributed by atoms with Crippen LogP contribution >= 0.6 is 7.82 Å². The minimum absolute atomic E-state index is 0.373. The molecule has 0 bridgehead atoms. The standard InChI is InChI=1S/C24H26FN4O6P/c1-33-21-11-18(25)10-19(12-21)27-14-17-6-4-16(5-7-17)9-20-13-23(35-28-20)22-3-2-8-29(24(22)26)15-34-36(30,31)32/h2-8,10-13,24,27H,9,14-15,26H2,1H3,(H2,30,31,32). The van der Waals surface area contributed by atoms with Crippen molar-refractivity contribution in [3.63, 3.8) is 0 Å². The summed E-state index contributed by atoms with van der Waals surface area (Å²) in [6.45, 7) is 0.136. The summed E-state index contributed by atoms with van der Waals surface area (Å²) in [6, 6.07) is 14.1. The van der Waals surface area contributed by atoms with E-state index >= 15 is 0 Å². The van der Waals surface area contributed by atoms with E-state index in [1.807, 2.05) is 24.3 Å². The highest BCUT2D eigenvalue weighted by atomic mass is 31.2. The fourth-order valence-corrected chi connectivity index (χ4v) is 3.91. The Morgan fingerprint density at radius 2 is 1.94 bits per heavy atom. The molecule has 4 rings (SSSR count). The second-order valence-corrected chi connectivity index (χ2v) is 9.32. The van der Waals surface area contributed by atoms with E-state index in [2.05, 4.69) is 15.0 Å². The molecule has 0 spiro atoms. The number of hydrogen-bond donors (Lipinski definition) is 4. The lowest BCUT2D eigenvalue weighted by Gasteiger charge is -2.30. The largest absolute Gasteiger partial charge is 0.497 e. The molecule has 2 heterocycles. The third-order valence-corrected chi connectivity index (χ3v) is 5.91. The van der Waals surface area contributed by atoms with Gasteiger partial charge in [-0.05, 0) is 23.3 Å². The molecule has 5 N–H and O–H groups in total. The first-order valence-electron chi connectivity index (χ1n) is 10.9. The summed E-state index contributed by atoms with van der Waals surface area (Å²) in [6.07, 6.45) is 4.80. The third-order valence-electron chi connectivity index (χ3n) is 5.46. The van der Waals surface area contributed by atoms with Crippen LogP contribution < -0.4 is 15.8 Å². The van der Waals surface area contributed by atoms with Gasteiger partial charge in [-0.1, -0.05) is 35.5 Å². The number of aromatic nitrogens is 1. The Morgan fingerprint density at radius 1 is 1.19 bits per heavy atom. The number of phosphoric ester groups is 1. The van der Waals surface area contributed by atoms with Crippen molar-refractivity contribution in [1.29, 1.82) is 0 Å². The van der Waals surface area contributed by atoms with Gasteiger partial charge in [0, 0.05) is 48.6 Å². The molecule has 3 aromatic rings. The maximum Gasteiger partial charge on any atom is 0.471 e. The van der Waals surface area contributed by atoms with Crippen molar-refractivity contribution in [1.82, 2.24) is 10.1 Å². The number of nitrogens with two attached hydrogens (primary N) is 1. The second-order valence-electron chi connectivity index (χ2n) is 8.08. The lowest BCUT2D eigenvalue weighted by Crippen LogP contribution is -2.41. The zero-order valence-electron chi connectivity index (χ0n) is 19.4. The van der Waals surface area contributed by atoms with Crippen LogP contribution in [0.3, 0.4) is 0 Å². The predicted octanol–water partition coefficient (Wildman–Crippen LogP) is 3.59. The fourth-order valence-electron chi connectivity index (χ4n) is 3.62. The zero-order valence-corrected chi connectivity index (χ0v) is 20.3. The zero-order chi connectivity index (χ0) is 25.7. The van der Waals surface area contributed by atoms with Gasteiger partial charge in [0.2, 0.25) is 0 Å². The van der Waals surface area contributed by atoms with E-state index in [0.29, 0.717) is 41.4 Å². The number of hydrogen-bond acceptors (Lipinski definition) is 8. The minimum atomic E-state index is -4.63. The summed E-state index contributed by atoms with van der Waals surface area (Å²) < 4.78 is 39.7. The van der Waals surface area contributed by atoms with Crippen LogP contribution in [0, 0.1) is 5.82 Å². The number of nitrogens with one attached hydrogen (secondary N) is 1. The van der Waals surface area contributed by atoms with E-state index in [-0.39, 0.29) is 12.5 Å². The van der Waals surface area contributed by atoms with Gasteiger partial charge in [0.1, 0.15) is 24.5 Å². The maximum absolute atomic E-state index is 13.7. The first kappa shape index (κ1) is 25.6. The Morgan fingerprint density at radius 3 is 2.67 bits per heavy atom. The molecule has 1 aromatic heterocycles. The molecule has 1 aliphatic heterocycles. The summed E-state index contributed by atoms with van der Waals surface area (Å²) in [5, 5.41) is 7.31. The van der Waals surface area contributed by atoms with Gasteiger partial charge < -0.3 is 35.0 Å². The predicted molar refractivity (Wildman–Crippen MR) is 131 cm³/mol. The first-order chi connectivity index (χ1) is 17.2. The molecule has 10 nitrogen and oxygen atoms in total. The molecule has 190 valence electrons. The van der Waals surface area contributed by atoms with Crippen LogP contribution in [0.4, 0.5) is 10.1 Å². The van der Waals surface area contributed by atoms with Crippen LogP contribution in [0.15, 0.2) is 71.4 Å². The molecule has 0 radical (unpaired) electrons. The van der Waals surface area contributed by atoms with E-state index in [1.165, 1.54) is 24.1 Å². The van der Waals surface area contributed by atoms with Crippen molar-refractivity contribution in [2.75, 3.05) is 19.2 Å². The SMILES string of the molecule is COc1cc(F)cc(NCc2ccc(Cc3cc(C4=CC=CN(COP(=O)(O)O)C4N)on3)cc2)c1. The average Bonchev–Trinajstić information content (AvgIpc) is 3.30. The van der Waals surface area contributed by atoms with Crippen molar-refractivity contribution < 1.29 is 32.5 Å². The van der Waals surface area contributed by atoms with Gasteiger partial charge in [-0.15, -0.1) is 0 Å². The number of anilines is 1. The van der Waals surface area contributed by atoms with Crippen molar-refractivity contribution in [2.24, 2.45) is 5.73 Å². The van der Waals surface area contributed by atoms with Gasteiger partial charge in [-0.25, -0.2) is 8.96 Å². The Balaban J connectivity index is 1.35. The monoisotopic (exact) mass is 516 g/mol. The van der Waals surface area contributed by atoms with E-state index in [1.54, 1.807) is 30.5 Å². The third kappa shape index (κ3) is 6.81. The molecule has 1 aliphatic rings. The summed E-state index contributed by atoms with van der Waals surface area (Å²) >= 11 is 0. The number of phosphoric acid groups is 1. The van der Waals surface area contributed by atoms with Gasteiger partial charge in [-0.2, -0.15) is 0 Å². The summed E-state index contributed by atoms with van der Waals surface area (Å²) in [7, 11) is -3.13. The highest BCUT2D eigenvalue weighted by Gasteiger charge is 2.25. The molecule has 36 heavy (non-hydrogen) atoms. The Hall–Kier alpha value is -3.47. The fraction of sp³-hybridized carbons (Fsp3) is 0.208. The summed E-state index contributed by atoms with van der Waals surface area (Å²) in [4.78, 5) is 19.3. The number of benzene rings is 2. The Bertz CT molecular complexity index is 1300. The molecule has 0 amide bonds. The molecule has 0 aliphatic carbocycles. The van der Waals surface area contributed by atoms with E-state index < -0.39 is 14.0 Å². The number of rotatable bonds is 10. The molecule has 2 aromatic carbocycles. The minimum Gasteiger partial charge on any atom is -0.497 e. The van der Waals surface area contributed by atoms with Crippen LogP contribution in [0.2, 0.25) is 0 Å². The molecular formula is C24H26FN4O6P. The van der Waals surface area contributed by atoms with Crippen LogP contribution in [0.25, 0.3) is 5.57 Å². The normalized spacial score (nSPS) is 15.6. The smallest absolute Gasteiger partial charge is 0.471 e. The van der Waals surface area contributed by atoms with Crippen molar-refractivity contribution in [3.05, 3.63) is 95.3 Å². The van der Waals surface area contributed by atoms with Crippen LogP contribution in [-0.4, -0.2) is 39.8 Å². The lowest BCUT2D eigenvalue weighted by atomic mass is 10.0. The van der Waals surface area contributed by atoms with Gasteiger partial charge in [-0.3, -0.25) is 4.52 Å². The molecule has 0 saturated carbocycles. The number of nitrogens with zero attached hydrogens (tertiary/aromatic N) is 2. The summed E-state index contributed by atoms with van der Waals surface area (Å²) in [5.41, 5.74) is 10.2. The van der Waals surface area contributed by atoms with Gasteiger partial charge in [0.15, 0.2) is 5.76 Å². The van der Waals surface area contributed by atoms with Gasteiger partial charge in [0.05, 0.1) is 12.8 Å². The molecule has 1 atom stereocenters. The molecule has 0 fully saturated rings. The van der Waals surface area contributed by atoms with E-state index in [0.717, 1.165) is 11.1 Å². The Kier molecular flexibility index (Phi) is 7.88. The summed E-state index contributed by atoms with van der Waals surface area (Å²) in [5.74, 6) is 0.527. The first-order valence-corrected chi connectivity index (χ1v) is 12.5. The number of methoxy groups -OCH3 is 1. The van der Waals surface area contributed by atoms with Crippen molar-refractivity contribution in [3.8, 4) is 5.75 Å². The Labute approximate surface area is 207 Å². The number of allylic oxidation sites excluding steroid dienone is 2. The van der Waals surface area contributed by atoms with Crippen LogP contribution in [-0.2, 0) is 22.1 Å².